The van der Waals surface area contributed by atoms with Gasteiger partial charge in [-0.15, -0.1) is 0 Å². The summed E-state index contributed by atoms with van der Waals surface area (Å²) in [7, 11) is 0. The Hall–Kier alpha value is -0.220. The maximum Gasteiger partial charge on any atom is 0.309 e. The second-order valence-corrected chi connectivity index (χ2v) is 4.25. The maximum absolute atomic E-state index is 10.7. The highest BCUT2D eigenvalue weighted by atomic mass is 32.2. The zero-order valence-corrected chi connectivity index (χ0v) is 7.72. The highest BCUT2D eigenvalue weighted by Gasteiger charge is 2.28. The van der Waals surface area contributed by atoms with Crippen LogP contribution in [0, 0.1) is 11.8 Å². The summed E-state index contributed by atoms with van der Waals surface area (Å²) in [5.74, 6) is 0.792. The van der Waals surface area contributed by atoms with Crippen LogP contribution in [0.2, 0.25) is 0 Å². The lowest BCUT2D eigenvalue weighted by Gasteiger charge is -2.25. The van der Waals surface area contributed by atoms with Crippen LogP contribution < -0.4 is 0 Å². The fourth-order valence-corrected chi connectivity index (χ4v) is 2.75. The Balaban J connectivity index is 2.46. The number of hydrogen-bond acceptors (Lipinski definition) is 3. The van der Waals surface area contributed by atoms with Gasteiger partial charge in [0.2, 0.25) is 0 Å². The molecule has 0 aromatic heterocycles. The molecule has 0 bridgehead atoms. The van der Waals surface area contributed by atoms with Gasteiger partial charge in [0, 0.05) is 0 Å². The van der Waals surface area contributed by atoms with E-state index in [2.05, 4.69) is 0 Å². The van der Waals surface area contributed by atoms with Crippen LogP contribution in [0.3, 0.4) is 0 Å². The molecule has 2 N–H and O–H groups in total. The summed E-state index contributed by atoms with van der Waals surface area (Å²) in [6.07, 6.45) is 2.03. The highest BCUT2D eigenvalue weighted by molar-refractivity contribution is 7.99. The lowest BCUT2D eigenvalue weighted by molar-refractivity contribution is -0.145. The molecule has 1 aliphatic rings. The summed E-state index contributed by atoms with van der Waals surface area (Å²) in [5, 5.41) is 17.6. The van der Waals surface area contributed by atoms with Gasteiger partial charge in [0.05, 0.1) is 12.5 Å². The van der Waals surface area contributed by atoms with Crippen molar-refractivity contribution in [3.63, 3.8) is 0 Å². The van der Waals surface area contributed by atoms with Gasteiger partial charge in [0.25, 0.3) is 0 Å². The number of aliphatic hydroxyl groups excluding tert-OH is 1. The molecular formula is C8H14O3S. The van der Waals surface area contributed by atoms with Crippen molar-refractivity contribution in [2.24, 2.45) is 11.8 Å². The van der Waals surface area contributed by atoms with Crippen molar-refractivity contribution in [3.8, 4) is 0 Å². The van der Waals surface area contributed by atoms with Crippen LogP contribution in [-0.2, 0) is 4.79 Å². The Morgan fingerprint density at radius 3 is 2.83 bits per heavy atom. The number of hydrogen-bond donors (Lipinski definition) is 2. The van der Waals surface area contributed by atoms with Crippen molar-refractivity contribution in [2.75, 3.05) is 18.1 Å². The zero-order valence-electron chi connectivity index (χ0n) is 6.90. The number of aliphatic carboxylic acids is 1. The minimum atomic E-state index is -0.856. The average Bonchev–Trinajstić information content (AvgIpc) is 2.07. The summed E-state index contributed by atoms with van der Waals surface area (Å²) in [6, 6.07) is 0. The van der Waals surface area contributed by atoms with E-state index in [-0.39, 0.29) is 12.5 Å². The van der Waals surface area contributed by atoms with E-state index in [4.69, 9.17) is 10.2 Å². The third-order valence-electron chi connectivity index (χ3n) is 2.28. The third-order valence-corrected chi connectivity index (χ3v) is 3.52. The normalized spacial score (nSPS) is 26.6. The molecule has 70 valence electrons. The first-order valence-corrected chi connectivity index (χ1v) is 5.32. The van der Waals surface area contributed by atoms with Crippen molar-refractivity contribution in [1.82, 2.24) is 0 Å². The van der Waals surface area contributed by atoms with E-state index in [9.17, 15) is 4.79 Å². The first-order chi connectivity index (χ1) is 5.75. The number of thioether (sulfide) groups is 1. The Labute approximate surface area is 76.2 Å². The lowest BCUT2D eigenvalue weighted by Crippen LogP contribution is -2.30. The summed E-state index contributed by atoms with van der Waals surface area (Å²) in [4.78, 5) is 10.7. The summed E-state index contributed by atoms with van der Waals surface area (Å²) in [5.41, 5.74) is 0. The van der Waals surface area contributed by atoms with Gasteiger partial charge in [0.15, 0.2) is 0 Å². The van der Waals surface area contributed by atoms with Gasteiger partial charge in [-0.2, -0.15) is 11.8 Å². The largest absolute Gasteiger partial charge is 0.481 e. The van der Waals surface area contributed by atoms with E-state index < -0.39 is 11.9 Å². The fourth-order valence-electron chi connectivity index (χ4n) is 1.51. The van der Waals surface area contributed by atoms with Gasteiger partial charge in [-0.25, -0.2) is 0 Å². The number of aliphatic hydroxyl groups is 1. The van der Waals surface area contributed by atoms with E-state index in [0.29, 0.717) is 0 Å². The zero-order chi connectivity index (χ0) is 8.97. The summed E-state index contributed by atoms with van der Waals surface area (Å²) >= 11 is 1.79. The molecule has 0 saturated carbocycles. The van der Waals surface area contributed by atoms with Crippen LogP contribution >= 0.6 is 11.8 Å². The quantitative estimate of drug-likeness (QED) is 0.692. The molecule has 0 aromatic carbocycles. The number of carboxylic acids is 1. The smallest absolute Gasteiger partial charge is 0.309 e. The molecule has 4 heteroatoms. The molecule has 1 rings (SSSR count). The molecule has 1 fully saturated rings. The van der Waals surface area contributed by atoms with Gasteiger partial charge in [-0.05, 0) is 30.3 Å². The molecule has 0 amide bonds. The average molecular weight is 190 g/mol. The second kappa shape index (κ2) is 4.72. The third kappa shape index (κ3) is 2.38. The molecule has 2 atom stereocenters. The molecule has 0 radical (unpaired) electrons. The molecule has 12 heavy (non-hydrogen) atoms. The predicted octanol–water partition coefficient (Wildman–Crippen LogP) is 0.823. The number of carboxylic acid groups (broad SMARTS) is 1. The van der Waals surface area contributed by atoms with E-state index in [1.165, 1.54) is 0 Å². The van der Waals surface area contributed by atoms with Crippen LogP contribution in [0.1, 0.15) is 12.8 Å². The predicted molar refractivity (Wildman–Crippen MR) is 48.3 cm³/mol. The first kappa shape index (κ1) is 9.86. The van der Waals surface area contributed by atoms with E-state index >= 15 is 0 Å². The topological polar surface area (TPSA) is 57.5 Å². The van der Waals surface area contributed by atoms with Crippen LogP contribution in [0.25, 0.3) is 0 Å². The lowest BCUT2D eigenvalue weighted by atomic mass is 9.90. The monoisotopic (exact) mass is 190 g/mol. The Bertz CT molecular complexity index is 154. The van der Waals surface area contributed by atoms with E-state index in [1.807, 2.05) is 0 Å². The van der Waals surface area contributed by atoms with Crippen LogP contribution in [0.15, 0.2) is 0 Å². The van der Waals surface area contributed by atoms with Gasteiger partial charge >= 0.3 is 5.97 Å². The standard InChI is InChI=1S/C8H14O3S/c9-4-7(8(10)11)6-2-1-3-12-5-6/h6-7,9H,1-5H2,(H,10,11). The number of carbonyl (C=O) groups is 1. The Morgan fingerprint density at radius 1 is 1.67 bits per heavy atom. The van der Waals surface area contributed by atoms with Gasteiger partial charge < -0.3 is 10.2 Å². The van der Waals surface area contributed by atoms with Crippen molar-refractivity contribution >= 4 is 17.7 Å². The SMILES string of the molecule is O=C(O)C(CO)C1CCCSC1. The first-order valence-electron chi connectivity index (χ1n) is 4.17. The minimum Gasteiger partial charge on any atom is -0.481 e. The molecule has 0 aliphatic carbocycles. The fraction of sp³-hybridized carbons (Fsp3) is 0.875. The van der Waals surface area contributed by atoms with Crippen molar-refractivity contribution in [3.05, 3.63) is 0 Å². The second-order valence-electron chi connectivity index (χ2n) is 3.10. The molecule has 2 unspecified atom stereocenters. The van der Waals surface area contributed by atoms with Gasteiger partial charge in [0.1, 0.15) is 0 Å². The van der Waals surface area contributed by atoms with E-state index in [0.717, 1.165) is 24.3 Å². The molecular weight excluding hydrogens is 176 g/mol. The molecule has 1 aliphatic heterocycles. The molecule has 1 saturated heterocycles. The van der Waals surface area contributed by atoms with Gasteiger partial charge in [-0.3, -0.25) is 4.79 Å². The summed E-state index contributed by atoms with van der Waals surface area (Å²) < 4.78 is 0. The van der Waals surface area contributed by atoms with E-state index in [1.54, 1.807) is 11.8 Å². The van der Waals surface area contributed by atoms with Gasteiger partial charge in [-0.1, -0.05) is 0 Å². The van der Waals surface area contributed by atoms with Crippen molar-refractivity contribution in [1.29, 1.82) is 0 Å². The Kier molecular flexibility index (Phi) is 3.88. The van der Waals surface area contributed by atoms with Crippen LogP contribution in [0.5, 0.6) is 0 Å². The van der Waals surface area contributed by atoms with Crippen LogP contribution in [0.4, 0.5) is 0 Å². The maximum atomic E-state index is 10.7. The van der Waals surface area contributed by atoms with Crippen molar-refractivity contribution in [2.45, 2.75) is 12.8 Å². The summed E-state index contributed by atoms with van der Waals surface area (Å²) in [6.45, 7) is -0.222. The molecule has 0 aromatic rings. The number of rotatable bonds is 3. The molecule has 0 spiro atoms. The van der Waals surface area contributed by atoms with Crippen LogP contribution in [-0.4, -0.2) is 34.3 Å². The highest BCUT2D eigenvalue weighted by Crippen LogP contribution is 2.28. The Morgan fingerprint density at radius 2 is 2.42 bits per heavy atom. The van der Waals surface area contributed by atoms with Crippen molar-refractivity contribution < 1.29 is 15.0 Å². The minimum absolute atomic E-state index is 0.172. The molecule has 3 nitrogen and oxygen atoms in total. The molecule has 1 heterocycles.